The highest BCUT2D eigenvalue weighted by molar-refractivity contribution is 7.89. The highest BCUT2D eigenvalue weighted by atomic mass is 32.2. The van der Waals surface area contributed by atoms with Crippen LogP contribution in [-0.2, 0) is 16.6 Å². The maximum absolute atomic E-state index is 12.8. The molecule has 7 heteroatoms. The summed E-state index contributed by atoms with van der Waals surface area (Å²) < 4.78 is 31.9. The number of H-pyrrole nitrogens is 1. The van der Waals surface area contributed by atoms with Crippen LogP contribution in [0.1, 0.15) is 12.5 Å². The van der Waals surface area contributed by atoms with Crippen molar-refractivity contribution < 1.29 is 12.8 Å². The number of nitrogens with one attached hydrogen (secondary N) is 1. The van der Waals surface area contributed by atoms with Crippen LogP contribution in [0.5, 0.6) is 0 Å². The van der Waals surface area contributed by atoms with Gasteiger partial charge in [-0.2, -0.15) is 4.31 Å². The van der Waals surface area contributed by atoms with E-state index in [0.717, 1.165) is 5.56 Å². The topological polar surface area (TPSA) is 83.4 Å². The van der Waals surface area contributed by atoms with E-state index in [-0.39, 0.29) is 4.90 Å². The van der Waals surface area contributed by atoms with Crippen molar-refractivity contribution >= 4 is 21.1 Å². The maximum atomic E-state index is 12.8. The number of benzene rings is 2. The number of nitrogens with zero attached hydrogens (tertiary/aromatic N) is 1. The molecule has 0 saturated carbocycles. The number of hydrogen-bond donors (Lipinski definition) is 1. The van der Waals surface area contributed by atoms with Crippen LogP contribution in [0.15, 0.2) is 62.6 Å². The Labute approximate surface area is 133 Å². The number of oxazole rings is 1. The summed E-state index contributed by atoms with van der Waals surface area (Å²) in [6, 6.07) is 13.7. The second-order valence-electron chi connectivity index (χ2n) is 5.09. The molecule has 0 atom stereocenters. The molecule has 0 amide bonds. The van der Waals surface area contributed by atoms with Gasteiger partial charge in [-0.15, -0.1) is 0 Å². The molecule has 0 unspecified atom stereocenters. The molecule has 6 nitrogen and oxygen atoms in total. The van der Waals surface area contributed by atoms with Crippen LogP contribution in [-0.4, -0.2) is 24.3 Å². The lowest BCUT2D eigenvalue weighted by Crippen LogP contribution is -2.30. The van der Waals surface area contributed by atoms with Gasteiger partial charge in [-0.05, 0) is 23.8 Å². The molecule has 1 heterocycles. The summed E-state index contributed by atoms with van der Waals surface area (Å²) in [7, 11) is -3.66. The molecule has 0 fully saturated rings. The molecule has 23 heavy (non-hydrogen) atoms. The van der Waals surface area contributed by atoms with Crippen LogP contribution in [0.2, 0.25) is 0 Å². The van der Waals surface area contributed by atoms with E-state index in [1.54, 1.807) is 6.92 Å². The van der Waals surface area contributed by atoms with Crippen molar-refractivity contribution in [3.63, 3.8) is 0 Å². The number of fused-ring (bicyclic) bond motifs is 1. The molecule has 0 aliphatic carbocycles. The Morgan fingerprint density at radius 3 is 2.57 bits per heavy atom. The third kappa shape index (κ3) is 3.06. The molecule has 0 aliphatic rings. The van der Waals surface area contributed by atoms with Gasteiger partial charge in [0.25, 0.3) is 0 Å². The first-order chi connectivity index (χ1) is 11.0. The molecule has 1 N–H and O–H groups in total. The Balaban J connectivity index is 1.98. The minimum atomic E-state index is -3.66. The average Bonchev–Trinajstić information content (AvgIpc) is 2.92. The fourth-order valence-corrected chi connectivity index (χ4v) is 3.86. The fraction of sp³-hybridized carbons (Fsp3) is 0.188. The van der Waals surface area contributed by atoms with E-state index >= 15 is 0 Å². The predicted molar refractivity (Wildman–Crippen MR) is 86.5 cm³/mol. The quantitative estimate of drug-likeness (QED) is 0.777. The molecule has 0 radical (unpaired) electrons. The number of aromatic amines is 1. The minimum absolute atomic E-state index is 0.125. The van der Waals surface area contributed by atoms with E-state index in [9.17, 15) is 13.2 Å². The van der Waals surface area contributed by atoms with Crippen LogP contribution in [0.25, 0.3) is 11.1 Å². The zero-order chi connectivity index (χ0) is 16.4. The Kier molecular flexibility index (Phi) is 4.06. The van der Waals surface area contributed by atoms with Crippen LogP contribution in [0, 0.1) is 0 Å². The first-order valence-corrected chi connectivity index (χ1v) is 8.61. The summed E-state index contributed by atoms with van der Waals surface area (Å²) in [4.78, 5) is 13.8. The lowest BCUT2D eigenvalue weighted by Gasteiger charge is -2.20. The molecule has 120 valence electrons. The first kappa shape index (κ1) is 15.5. The van der Waals surface area contributed by atoms with Crippen molar-refractivity contribution in [1.82, 2.24) is 9.29 Å². The molecule has 1 aromatic heterocycles. The zero-order valence-electron chi connectivity index (χ0n) is 12.5. The van der Waals surface area contributed by atoms with Crippen molar-refractivity contribution in [3.8, 4) is 0 Å². The van der Waals surface area contributed by atoms with Crippen molar-refractivity contribution in [1.29, 1.82) is 0 Å². The van der Waals surface area contributed by atoms with E-state index in [1.165, 1.54) is 22.5 Å². The van der Waals surface area contributed by atoms with Gasteiger partial charge in [0.2, 0.25) is 10.0 Å². The van der Waals surface area contributed by atoms with Gasteiger partial charge in [-0.1, -0.05) is 37.3 Å². The third-order valence-corrected chi connectivity index (χ3v) is 5.50. The highest BCUT2D eigenvalue weighted by Gasteiger charge is 2.24. The largest absolute Gasteiger partial charge is 0.417 e. The Hall–Kier alpha value is -2.38. The van der Waals surface area contributed by atoms with E-state index in [0.29, 0.717) is 24.2 Å². The van der Waals surface area contributed by atoms with Gasteiger partial charge in [-0.3, -0.25) is 4.98 Å². The molecule has 3 aromatic rings. The van der Waals surface area contributed by atoms with Gasteiger partial charge in [0.1, 0.15) is 0 Å². The summed E-state index contributed by atoms with van der Waals surface area (Å²) in [5, 5.41) is 0. The first-order valence-electron chi connectivity index (χ1n) is 7.17. The number of hydrogen-bond acceptors (Lipinski definition) is 4. The standard InChI is InChI=1S/C16H16N2O4S/c1-2-18(11-12-6-4-3-5-7-12)23(20,21)13-8-9-15-14(10-13)17-16(19)22-15/h3-10H,2,11H2,1H3,(H,17,19). The second-order valence-corrected chi connectivity index (χ2v) is 7.03. The predicted octanol–water partition coefficient (Wildman–Crippen LogP) is 2.33. The molecule has 2 aromatic carbocycles. The van der Waals surface area contributed by atoms with Crippen LogP contribution >= 0.6 is 0 Å². The Morgan fingerprint density at radius 2 is 1.87 bits per heavy atom. The van der Waals surface area contributed by atoms with Crippen molar-refractivity contribution in [3.05, 3.63) is 64.6 Å². The third-order valence-electron chi connectivity index (χ3n) is 3.58. The molecule has 0 aliphatic heterocycles. The monoisotopic (exact) mass is 332 g/mol. The Bertz CT molecular complexity index is 974. The van der Waals surface area contributed by atoms with Crippen molar-refractivity contribution in [2.45, 2.75) is 18.4 Å². The summed E-state index contributed by atoms with van der Waals surface area (Å²) >= 11 is 0. The van der Waals surface area contributed by atoms with E-state index in [1.807, 2.05) is 30.3 Å². The van der Waals surface area contributed by atoms with Crippen LogP contribution in [0.4, 0.5) is 0 Å². The molecular weight excluding hydrogens is 316 g/mol. The summed E-state index contributed by atoms with van der Waals surface area (Å²) in [5.41, 5.74) is 1.61. The lowest BCUT2D eigenvalue weighted by molar-refractivity contribution is 0.423. The zero-order valence-corrected chi connectivity index (χ0v) is 13.3. The van der Waals surface area contributed by atoms with Gasteiger partial charge >= 0.3 is 5.76 Å². The van der Waals surface area contributed by atoms with Crippen molar-refractivity contribution in [2.75, 3.05) is 6.54 Å². The lowest BCUT2D eigenvalue weighted by atomic mass is 10.2. The normalized spacial score (nSPS) is 12.1. The van der Waals surface area contributed by atoms with Gasteiger partial charge in [0.15, 0.2) is 5.58 Å². The summed E-state index contributed by atoms with van der Waals surface area (Å²) in [5.74, 6) is -0.605. The molecule has 3 rings (SSSR count). The fourth-order valence-electron chi connectivity index (χ4n) is 2.39. The van der Waals surface area contributed by atoms with Crippen LogP contribution in [0.3, 0.4) is 0 Å². The smallest absolute Gasteiger partial charge is 0.408 e. The Morgan fingerprint density at radius 1 is 1.13 bits per heavy atom. The number of sulfonamides is 1. The second kappa shape index (κ2) is 6.02. The van der Waals surface area contributed by atoms with E-state index in [4.69, 9.17) is 4.42 Å². The van der Waals surface area contributed by atoms with Crippen LogP contribution < -0.4 is 5.76 Å². The van der Waals surface area contributed by atoms with E-state index < -0.39 is 15.8 Å². The van der Waals surface area contributed by atoms with Gasteiger partial charge in [-0.25, -0.2) is 13.2 Å². The molecule has 0 spiro atoms. The summed E-state index contributed by atoms with van der Waals surface area (Å²) in [6.07, 6.45) is 0. The number of aromatic nitrogens is 1. The maximum Gasteiger partial charge on any atom is 0.417 e. The van der Waals surface area contributed by atoms with E-state index in [2.05, 4.69) is 4.98 Å². The molecule has 0 bridgehead atoms. The minimum Gasteiger partial charge on any atom is -0.408 e. The van der Waals surface area contributed by atoms with Gasteiger partial charge in [0, 0.05) is 13.1 Å². The molecule has 0 saturated heterocycles. The number of rotatable bonds is 5. The molecular formula is C16H16N2O4S. The summed E-state index contributed by atoms with van der Waals surface area (Å²) in [6.45, 7) is 2.43. The van der Waals surface area contributed by atoms with Crippen molar-refractivity contribution in [2.24, 2.45) is 0 Å². The SMILES string of the molecule is CCN(Cc1ccccc1)S(=O)(=O)c1ccc2oc(=O)[nH]c2c1. The highest BCUT2D eigenvalue weighted by Crippen LogP contribution is 2.21. The average molecular weight is 332 g/mol. The van der Waals surface area contributed by atoms with Gasteiger partial charge in [0.05, 0.1) is 10.4 Å². The van der Waals surface area contributed by atoms with Gasteiger partial charge < -0.3 is 4.42 Å².